The maximum atomic E-state index is 13.8. The molecule has 12 heteroatoms. The highest BCUT2D eigenvalue weighted by Crippen LogP contribution is 2.38. The lowest BCUT2D eigenvalue weighted by Gasteiger charge is -2.43. The number of nitrogens with two attached hydrogens (primary N) is 1. The summed E-state index contributed by atoms with van der Waals surface area (Å²) in [5.41, 5.74) is 7.12. The molecule has 3 fully saturated rings. The van der Waals surface area contributed by atoms with Gasteiger partial charge in [0.15, 0.2) is 0 Å². The first-order valence-corrected chi connectivity index (χ1v) is 17.6. The number of carbonyl (C=O) groups excluding carboxylic acids is 1. The normalized spacial score (nSPS) is 22.3. The lowest BCUT2D eigenvalue weighted by Crippen LogP contribution is -2.52. The summed E-state index contributed by atoms with van der Waals surface area (Å²) in [6.07, 6.45) is 0.914. The number of likely N-dealkylation sites (N-methyl/N-ethyl adjacent to an activating group) is 1. The molecule has 4 aliphatic heterocycles. The van der Waals surface area contributed by atoms with Gasteiger partial charge in [-0.1, -0.05) is 29.8 Å². The molecule has 1 unspecified atom stereocenters. The number of para-hydroxylation sites is 1. The minimum atomic E-state index is -4.55. The number of fused-ring (bicyclic) bond motifs is 1. The average Bonchev–Trinajstić information content (AvgIpc) is 3.05. The summed E-state index contributed by atoms with van der Waals surface area (Å²) in [6, 6.07) is 11.5. The fraction of sp³-hybridized carbons (Fsp3) is 0.629. The van der Waals surface area contributed by atoms with Crippen LogP contribution in [0.2, 0.25) is 5.02 Å². The standard InChI is InChI=1S/C35H49ClF3N7O/c1-42-16-18-45(19-17-42)28-7-14-44(15-8-28)23-25(20-26-21-30(35(37,38)39)33(40)31(36)22-26)6-11-43-12-9-29(10-13-43)46-24-27-4-2-3-5-32(27)41-34(46)47/h2-5,21-22,25,28-29H,6-20,23-24,40H2,1H3,(H,41,47). The van der Waals surface area contributed by atoms with Crippen molar-refractivity contribution in [2.45, 2.75) is 63.3 Å². The van der Waals surface area contributed by atoms with E-state index in [2.05, 4.69) is 38.0 Å². The van der Waals surface area contributed by atoms with Crippen molar-refractivity contribution in [3.8, 4) is 0 Å². The molecule has 6 rings (SSSR count). The van der Waals surface area contributed by atoms with Gasteiger partial charge in [-0.25, -0.2) is 4.79 Å². The Bertz CT molecular complexity index is 1370. The molecule has 0 aromatic heterocycles. The third kappa shape index (κ3) is 8.54. The number of nitrogens with one attached hydrogen (secondary N) is 1. The molecule has 2 aromatic carbocycles. The number of urea groups is 1. The second-order valence-corrected chi connectivity index (χ2v) is 14.5. The molecule has 258 valence electrons. The first-order valence-electron chi connectivity index (χ1n) is 17.2. The maximum absolute atomic E-state index is 13.8. The first kappa shape index (κ1) is 34.3. The van der Waals surface area contributed by atoms with E-state index in [9.17, 15) is 18.0 Å². The molecular weight excluding hydrogens is 627 g/mol. The van der Waals surface area contributed by atoms with Crippen LogP contribution in [-0.2, 0) is 19.1 Å². The number of piperazine rings is 1. The number of anilines is 2. The molecule has 4 aliphatic rings. The van der Waals surface area contributed by atoms with Crippen molar-refractivity contribution in [1.29, 1.82) is 0 Å². The van der Waals surface area contributed by atoms with Crippen molar-refractivity contribution in [3.05, 3.63) is 58.1 Å². The molecular formula is C35H49ClF3N7O. The van der Waals surface area contributed by atoms with E-state index >= 15 is 0 Å². The van der Waals surface area contributed by atoms with Crippen LogP contribution in [0.3, 0.4) is 0 Å². The van der Waals surface area contributed by atoms with Gasteiger partial charge in [0.1, 0.15) is 0 Å². The molecule has 0 aliphatic carbocycles. The van der Waals surface area contributed by atoms with E-state index in [-0.39, 0.29) is 23.0 Å². The fourth-order valence-electron chi connectivity index (χ4n) is 7.97. The van der Waals surface area contributed by atoms with E-state index in [1.54, 1.807) is 6.07 Å². The third-order valence-corrected chi connectivity index (χ3v) is 11.2. The smallest absolute Gasteiger partial charge is 0.397 e. The molecule has 3 N–H and O–H groups in total. The third-order valence-electron chi connectivity index (χ3n) is 10.9. The predicted molar refractivity (Wildman–Crippen MR) is 182 cm³/mol. The highest BCUT2D eigenvalue weighted by atomic mass is 35.5. The van der Waals surface area contributed by atoms with Crippen LogP contribution in [-0.4, -0.2) is 115 Å². The topological polar surface area (TPSA) is 71.3 Å². The Balaban J connectivity index is 1.06. The highest BCUT2D eigenvalue weighted by Gasteiger charge is 2.35. The number of piperidine rings is 2. The predicted octanol–water partition coefficient (Wildman–Crippen LogP) is 5.71. The number of carbonyl (C=O) groups is 1. The van der Waals surface area contributed by atoms with Crippen LogP contribution < -0.4 is 11.1 Å². The highest BCUT2D eigenvalue weighted by molar-refractivity contribution is 6.33. The summed E-state index contributed by atoms with van der Waals surface area (Å²) >= 11 is 6.23. The molecule has 3 saturated heterocycles. The Hall–Kier alpha value is -2.57. The van der Waals surface area contributed by atoms with Crippen LogP contribution >= 0.6 is 11.6 Å². The Kier molecular flexibility index (Phi) is 10.9. The average molecular weight is 676 g/mol. The van der Waals surface area contributed by atoms with Crippen LogP contribution in [0.25, 0.3) is 0 Å². The number of hydrogen-bond donors (Lipinski definition) is 2. The molecule has 0 radical (unpaired) electrons. The SMILES string of the molecule is CN1CCN(C2CCN(CC(CCN3CCC(N4Cc5ccccc5NC4=O)CC3)Cc3cc(Cl)c(N)c(C(F)(F)F)c3)CC2)CC1. The van der Waals surface area contributed by atoms with E-state index in [1.807, 2.05) is 23.1 Å². The largest absolute Gasteiger partial charge is 0.418 e. The zero-order valence-corrected chi connectivity index (χ0v) is 28.2. The number of hydrogen-bond acceptors (Lipinski definition) is 6. The van der Waals surface area contributed by atoms with E-state index < -0.39 is 17.4 Å². The van der Waals surface area contributed by atoms with Crippen molar-refractivity contribution < 1.29 is 18.0 Å². The van der Waals surface area contributed by atoms with Gasteiger partial charge in [-0.05, 0) is 100 Å². The summed E-state index contributed by atoms with van der Waals surface area (Å²) < 4.78 is 41.4. The summed E-state index contributed by atoms with van der Waals surface area (Å²) in [4.78, 5) is 24.8. The Morgan fingerprint density at radius 1 is 0.936 bits per heavy atom. The number of halogens is 4. The van der Waals surface area contributed by atoms with Gasteiger partial charge < -0.3 is 30.7 Å². The lowest BCUT2D eigenvalue weighted by molar-refractivity contribution is -0.137. The monoisotopic (exact) mass is 675 g/mol. The fourth-order valence-corrected chi connectivity index (χ4v) is 8.22. The molecule has 1 atom stereocenters. The molecule has 0 saturated carbocycles. The van der Waals surface area contributed by atoms with E-state index in [0.29, 0.717) is 24.6 Å². The molecule has 47 heavy (non-hydrogen) atoms. The lowest BCUT2D eigenvalue weighted by atomic mass is 9.92. The molecule has 8 nitrogen and oxygen atoms in total. The number of likely N-dealkylation sites (tertiary alicyclic amines) is 2. The van der Waals surface area contributed by atoms with E-state index in [0.717, 1.165) is 109 Å². The summed E-state index contributed by atoms with van der Waals surface area (Å²) in [7, 11) is 2.18. The van der Waals surface area contributed by atoms with Crippen molar-refractivity contribution in [3.63, 3.8) is 0 Å². The number of alkyl halides is 3. The van der Waals surface area contributed by atoms with Crippen LogP contribution in [0.1, 0.15) is 48.8 Å². The molecule has 2 amide bonds. The molecule has 0 spiro atoms. The zero-order chi connectivity index (χ0) is 33.1. The van der Waals surface area contributed by atoms with Gasteiger partial charge in [-0.15, -0.1) is 0 Å². The molecule has 0 bridgehead atoms. The number of amides is 2. The molecule has 2 aromatic rings. The number of nitrogen functional groups attached to an aromatic ring is 1. The van der Waals surface area contributed by atoms with Gasteiger partial charge in [-0.2, -0.15) is 13.2 Å². The van der Waals surface area contributed by atoms with Crippen molar-refractivity contribution >= 4 is 29.0 Å². The van der Waals surface area contributed by atoms with Gasteiger partial charge in [-0.3, -0.25) is 4.90 Å². The van der Waals surface area contributed by atoms with Gasteiger partial charge in [0.2, 0.25) is 0 Å². The Morgan fingerprint density at radius 2 is 1.60 bits per heavy atom. The van der Waals surface area contributed by atoms with Crippen LogP contribution in [0.5, 0.6) is 0 Å². The van der Waals surface area contributed by atoms with E-state index in [1.165, 1.54) is 6.07 Å². The quantitative estimate of drug-likeness (QED) is 0.332. The Labute approximate surface area is 282 Å². The zero-order valence-electron chi connectivity index (χ0n) is 27.5. The van der Waals surface area contributed by atoms with Gasteiger partial charge >= 0.3 is 12.2 Å². The minimum Gasteiger partial charge on any atom is -0.397 e. The Morgan fingerprint density at radius 3 is 2.30 bits per heavy atom. The minimum absolute atomic E-state index is 0.0287. The first-order chi connectivity index (χ1) is 22.5. The van der Waals surface area contributed by atoms with Crippen LogP contribution in [0.4, 0.5) is 29.3 Å². The number of benzene rings is 2. The van der Waals surface area contributed by atoms with Gasteiger partial charge in [0.25, 0.3) is 0 Å². The van der Waals surface area contributed by atoms with Crippen molar-refractivity contribution in [1.82, 2.24) is 24.5 Å². The summed E-state index contributed by atoms with van der Waals surface area (Å²) in [6.45, 7) is 10.6. The van der Waals surface area contributed by atoms with E-state index in [4.69, 9.17) is 17.3 Å². The maximum Gasteiger partial charge on any atom is 0.418 e. The second-order valence-electron chi connectivity index (χ2n) is 14.1. The van der Waals surface area contributed by atoms with Crippen LogP contribution in [0.15, 0.2) is 36.4 Å². The van der Waals surface area contributed by atoms with Gasteiger partial charge in [0.05, 0.1) is 16.3 Å². The summed E-state index contributed by atoms with van der Waals surface area (Å²) in [5, 5.41) is 3.01. The summed E-state index contributed by atoms with van der Waals surface area (Å²) in [5.74, 6) is 0.179. The number of rotatable bonds is 9. The number of nitrogens with zero attached hydrogens (tertiary/aromatic N) is 5. The van der Waals surface area contributed by atoms with Crippen molar-refractivity contribution in [2.24, 2.45) is 5.92 Å². The van der Waals surface area contributed by atoms with Crippen LogP contribution in [0, 0.1) is 5.92 Å². The van der Waals surface area contributed by atoms with Crippen molar-refractivity contribution in [2.75, 3.05) is 83.5 Å². The second kappa shape index (κ2) is 14.9. The molecule has 4 heterocycles. The van der Waals surface area contributed by atoms with Gasteiger partial charge in [0, 0.05) is 70.1 Å².